The van der Waals surface area contributed by atoms with E-state index in [-0.39, 0.29) is 13.0 Å². The van der Waals surface area contributed by atoms with Gasteiger partial charge in [0, 0.05) is 6.42 Å². The molecule has 0 saturated carbocycles. The summed E-state index contributed by atoms with van der Waals surface area (Å²) >= 11 is 0. The van der Waals surface area contributed by atoms with E-state index in [1.54, 1.807) is 6.08 Å². The average Bonchev–Trinajstić information content (AvgIpc) is 3.45. The number of carbonyl (C=O) groups excluding carboxylic acids is 2. The number of nitrogens with one attached hydrogen (secondary N) is 1. The van der Waals surface area contributed by atoms with Gasteiger partial charge in [0.15, 0.2) is 12.4 Å². The number of esters is 1. The van der Waals surface area contributed by atoms with Gasteiger partial charge in [0.1, 0.15) is 24.4 Å². The van der Waals surface area contributed by atoms with Crippen LogP contribution in [-0.4, -0.2) is 99.6 Å². The Morgan fingerprint density at radius 3 is 1.18 bits per heavy atom. The van der Waals surface area contributed by atoms with Gasteiger partial charge in [-0.05, 0) is 25.7 Å². The van der Waals surface area contributed by atoms with E-state index >= 15 is 0 Å². The van der Waals surface area contributed by atoms with Crippen LogP contribution in [0.2, 0.25) is 0 Å². The second kappa shape index (κ2) is 57.8. The van der Waals surface area contributed by atoms with Gasteiger partial charge in [-0.1, -0.05) is 335 Å². The molecule has 1 amide bonds. The number of allylic oxidation sites excluding steroid dienone is 1. The fourth-order valence-electron chi connectivity index (χ4n) is 11.4. The number of aliphatic hydroxyl groups excluding tert-OH is 5. The fraction of sp³-hybridized carbons (Fsp3) is 0.942. The molecule has 1 fully saturated rings. The second-order valence-corrected chi connectivity index (χ2v) is 24.6. The molecule has 0 aromatic carbocycles. The molecule has 80 heavy (non-hydrogen) atoms. The molecule has 6 N–H and O–H groups in total. The third kappa shape index (κ3) is 44.9. The smallest absolute Gasteiger partial charge is 0.306 e. The topological polar surface area (TPSA) is 175 Å². The minimum atomic E-state index is -1.61. The van der Waals surface area contributed by atoms with E-state index in [1.807, 2.05) is 6.08 Å². The Morgan fingerprint density at radius 1 is 0.475 bits per heavy atom. The van der Waals surface area contributed by atoms with Crippen LogP contribution < -0.4 is 5.32 Å². The van der Waals surface area contributed by atoms with Crippen molar-refractivity contribution in [3.63, 3.8) is 0 Å². The van der Waals surface area contributed by atoms with E-state index in [2.05, 4.69) is 26.1 Å². The van der Waals surface area contributed by atoms with Crippen LogP contribution in [0.4, 0.5) is 0 Å². The van der Waals surface area contributed by atoms with Crippen LogP contribution in [0.3, 0.4) is 0 Å². The van der Waals surface area contributed by atoms with Gasteiger partial charge in [-0.15, -0.1) is 0 Å². The van der Waals surface area contributed by atoms with Crippen molar-refractivity contribution in [3.05, 3.63) is 12.2 Å². The van der Waals surface area contributed by atoms with Crippen LogP contribution in [0.1, 0.15) is 355 Å². The quantitative estimate of drug-likeness (QED) is 0.0195. The maximum Gasteiger partial charge on any atom is 0.306 e. The molecular formula is C69H133NO10. The molecule has 0 radical (unpaired) electrons. The van der Waals surface area contributed by atoms with E-state index in [0.29, 0.717) is 19.3 Å². The third-order valence-electron chi connectivity index (χ3n) is 16.9. The number of hydrogen-bond donors (Lipinski definition) is 6. The fourth-order valence-corrected chi connectivity index (χ4v) is 11.4. The summed E-state index contributed by atoms with van der Waals surface area (Å²) in [5.41, 5.74) is 0. The van der Waals surface area contributed by atoms with Gasteiger partial charge in [0.2, 0.25) is 5.91 Å². The summed E-state index contributed by atoms with van der Waals surface area (Å²) in [6.07, 6.45) is 56.8. The molecule has 0 aromatic rings. The zero-order valence-electron chi connectivity index (χ0n) is 52.7. The van der Waals surface area contributed by atoms with Crippen LogP contribution in [0.25, 0.3) is 0 Å². The molecule has 1 heterocycles. The van der Waals surface area contributed by atoms with E-state index in [0.717, 1.165) is 57.8 Å². The molecule has 8 unspecified atom stereocenters. The zero-order chi connectivity index (χ0) is 58.2. The number of hydrogen-bond acceptors (Lipinski definition) is 10. The molecule has 0 aliphatic carbocycles. The molecule has 8 atom stereocenters. The van der Waals surface area contributed by atoms with E-state index in [1.165, 1.54) is 250 Å². The number of aliphatic hydroxyl groups is 5. The van der Waals surface area contributed by atoms with Gasteiger partial charge < -0.3 is 45.1 Å². The van der Waals surface area contributed by atoms with Gasteiger partial charge in [0.25, 0.3) is 0 Å². The summed E-state index contributed by atoms with van der Waals surface area (Å²) in [4.78, 5) is 26.6. The highest BCUT2D eigenvalue weighted by Gasteiger charge is 2.47. The summed E-state index contributed by atoms with van der Waals surface area (Å²) in [7, 11) is 0. The molecule has 474 valence electrons. The first-order chi connectivity index (χ1) is 39.2. The van der Waals surface area contributed by atoms with Crippen LogP contribution in [0, 0.1) is 0 Å². The maximum absolute atomic E-state index is 13.5. The lowest BCUT2D eigenvalue weighted by molar-refractivity contribution is -0.305. The molecule has 0 bridgehead atoms. The molecule has 1 rings (SSSR count). The first-order valence-corrected chi connectivity index (χ1v) is 35.0. The van der Waals surface area contributed by atoms with Gasteiger partial charge in [-0.3, -0.25) is 9.59 Å². The summed E-state index contributed by atoms with van der Waals surface area (Å²) in [6, 6.07) is -1.02. The molecule has 0 spiro atoms. The SMILES string of the molecule is CCCCCCCCCCCC/C=C/C(O)C(COC1OC(CO)C(O)C(O)C1OC(=O)CCCCCCCCCCCCCCCCCCCCC)NC(=O)C(O)CCCCCCCCCCCCCCCCCCCCCC. The molecule has 0 aromatic heterocycles. The summed E-state index contributed by atoms with van der Waals surface area (Å²) < 4.78 is 17.7. The Kier molecular flexibility index (Phi) is 55.2. The van der Waals surface area contributed by atoms with Crippen LogP contribution in [0.5, 0.6) is 0 Å². The Hall–Kier alpha value is -1.60. The Bertz CT molecular complexity index is 1350. The van der Waals surface area contributed by atoms with E-state index < -0.39 is 67.4 Å². The molecule has 11 heteroatoms. The molecule has 1 aliphatic heterocycles. The molecule has 11 nitrogen and oxygen atoms in total. The lowest BCUT2D eigenvalue weighted by Gasteiger charge is -2.41. The average molecular weight is 1140 g/mol. The summed E-state index contributed by atoms with van der Waals surface area (Å²) in [5, 5.41) is 57.2. The van der Waals surface area contributed by atoms with Gasteiger partial charge in [-0.2, -0.15) is 0 Å². The van der Waals surface area contributed by atoms with Crippen molar-refractivity contribution in [3.8, 4) is 0 Å². The number of unbranched alkanes of at least 4 members (excludes halogenated alkanes) is 47. The Labute approximate surface area is 493 Å². The van der Waals surface area contributed by atoms with E-state index in [4.69, 9.17) is 14.2 Å². The standard InChI is InChI=1S/C69H133NO10/c1-4-7-10-13-16-19-22-25-27-29-31-33-34-36-38-41-44-47-50-53-56-62(73)68(77)70-60(61(72)55-52-49-46-43-40-24-21-18-15-12-9-6-3)59-78-69-67(66(76)65(75)63(58-71)79-69)80-64(74)57-54-51-48-45-42-39-37-35-32-30-28-26-23-20-17-14-11-8-5-2/h52,55,60-63,65-67,69,71-73,75-76H,4-51,53-54,56-59H2,1-3H3,(H,70,77)/b55-52+. The van der Waals surface area contributed by atoms with Gasteiger partial charge >= 0.3 is 5.97 Å². The highest BCUT2D eigenvalue weighted by molar-refractivity contribution is 5.80. The zero-order valence-corrected chi connectivity index (χ0v) is 52.7. The summed E-state index contributed by atoms with van der Waals surface area (Å²) in [5.74, 6) is -1.17. The van der Waals surface area contributed by atoms with Crippen molar-refractivity contribution in [2.75, 3.05) is 13.2 Å². The second-order valence-electron chi connectivity index (χ2n) is 24.6. The van der Waals surface area contributed by atoms with Crippen LogP contribution in [-0.2, 0) is 23.8 Å². The molecule has 1 saturated heterocycles. The number of ether oxygens (including phenoxy) is 3. The van der Waals surface area contributed by atoms with Crippen molar-refractivity contribution in [2.24, 2.45) is 0 Å². The van der Waals surface area contributed by atoms with Crippen LogP contribution >= 0.6 is 0 Å². The monoisotopic (exact) mass is 1140 g/mol. The van der Waals surface area contributed by atoms with Gasteiger partial charge in [0.05, 0.1) is 25.4 Å². The largest absolute Gasteiger partial charge is 0.454 e. The van der Waals surface area contributed by atoms with Crippen molar-refractivity contribution in [1.82, 2.24) is 5.32 Å². The normalized spacial score (nSPS) is 18.7. The van der Waals surface area contributed by atoms with Crippen molar-refractivity contribution in [1.29, 1.82) is 0 Å². The summed E-state index contributed by atoms with van der Waals surface area (Å²) in [6.45, 7) is 5.85. The van der Waals surface area contributed by atoms with Crippen molar-refractivity contribution < 1.29 is 49.3 Å². The Balaban J connectivity index is 2.58. The minimum Gasteiger partial charge on any atom is -0.454 e. The van der Waals surface area contributed by atoms with Gasteiger partial charge in [-0.25, -0.2) is 0 Å². The number of carbonyl (C=O) groups is 2. The first-order valence-electron chi connectivity index (χ1n) is 35.0. The van der Waals surface area contributed by atoms with Crippen LogP contribution in [0.15, 0.2) is 12.2 Å². The Morgan fingerprint density at radius 2 is 0.812 bits per heavy atom. The predicted octanol–water partition coefficient (Wildman–Crippen LogP) is 17.5. The lowest BCUT2D eigenvalue weighted by Crippen LogP contribution is -2.61. The maximum atomic E-state index is 13.5. The molecule has 1 aliphatic rings. The van der Waals surface area contributed by atoms with Crippen molar-refractivity contribution in [2.45, 2.75) is 404 Å². The van der Waals surface area contributed by atoms with Crippen molar-refractivity contribution >= 4 is 11.9 Å². The first kappa shape index (κ1) is 76.4. The minimum absolute atomic E-state index is 0.132. The highest BCUT2D eigenvalue weighted by atomic mass is 16.7. The predicted molar refractivity (Wildman–Crippen MR) is 334 cm³/mol. The number of rotatable bonds is 61. The third-order valence-corrected chi connectivity index (χ3v) is 16.9. The highest BCUT2D eigenvalue weighted by Crippen LogP contribution is 2.26. The lowest BCUT2D eigenvalue weighted by atomic mass is 9.99. The number of amides is 1. The molecular weight excluding hydrogens is 1000 g/mol. The van der Waals surface area contributed by atoms with E-state index in [9.17, 15) is 35.1 Å².